The summed E-state index contributed by atoms with van der Waals surface area (Å²) in [6.45, 7) is 3.75. The van der Waals surface area contributed by atoms with E-state index in [4.69, 9.17) is 9.84 Å². The normalized spacial score (nSPS) is 10.3. The van der Waals surface area contributed by atoms with Crippen molar-refractivity contribution in [2.75, 3.05) is 7.11 Å². The van der Waals surface area contributed by atoms with E-state index in [1.54, 1.807) is 6.07 Å². The quantitative estimate of drug-likeness (QED) is 0.826. The van der Waals surface area contributed by atoms with Crippen molar-refractivity contribution in [3.63, 3.8) is 0 Å². The van der Waals surface area contributed by atoms with Crippen LogP contribution in [0.4, 0.5) is 0 Å². The monoisotopic (exact) mass is 238 g/mol. The number of benzene rings is 1. The highest BCUT2D eigenvalue weighted by Crippen LogP contribution is 2.34. The number of carboxylic acid groups (broad SMARTS) is 1. The van der Waals surface area contributed by atoms with Crippen LogP contribution in [-0.2, 0) is 11.2 Å². The number of ether oxygens (including phenoxy) is 1. The average molecular weight is 238 g/mol. The zero-order valence-corrected chi connectivity index (χ0v) is 10.4. The van der Waals surface area contributed by atoms with Crippen molar-refractivity contribution in [3.8, 4) is 11.5 Å². The van der Waals surface area contributed by atoms with Gasteiger partial charge in [0, 0.05) is 6.42 Å². The van der Waals surface area contributed by atoms with Crippen molar-refractivity contribution in [1.29, 1.82) is 0 Å². The van der Waals surface area contributed by atoms with Crippen LogP contribution in [0.5, 0.6) is 11.5 Å². The lowest BCUT2D eigenvalue weighted by Gasteiger charge is -2.13. The number of hydrogen-bond donors (Lipinski definition) is 2. The molecule has 0 atom stereocenters. The Morgan fingerprint density at radius 1 is 1.35 bits per heavy atom. The van der Waals surface area contributed by atoms with Crippen molar-refractivity contribution < 1.29 is 19.7 Å². The zero-order chi connectivity index (χ0) is 13.0. The van der Waals surface area contributed by atoms with Gasteiger partial charge in [-0.2, -0.15) is 0 Å². The third-order valence-electron chi connectivity index (χ3n) is 2.99. The van der Waals surface area contributed by atoms with Crippen LogP contribution in [0.3, 0.4) is 0 Å². The molecular formula is C13H18O4. The van der Waals surface area contributed by atoms with E-state index >= 15 is 0 Å². The molecule has 4 nitrogen and oxygen atoms in total. The van der Waals surface area contributed by atoms with Gasteiger partial charge in [0.15, 0.2) is 11.5 Å². The lowest BCUT2D eigenvalue weighted by atomic mass is 9.97. The number of aromatic hydroxyl groups is 1. The maximum atomic E-state index is 10.5. The second-order valence-corrected chi connectivity index (χ2v) is 4.08. The Morgan fingerprint density at radius 2 is 2.00 bits per heavy atom. The van der Waals surface area contributed by atoms with E-state index in [1.165, 1.54) is 7.11 Å². The molecule has 0 aliphatic rings. The minimum absolute atomic E-state index is 0.154. The Balaban J connectivity index is 2.92. The van der Waals surface area contributed by atoms with E-state index in [-0.39, 0.29) is 12.2 Å². The topological polar surface area (TPSA) is 66.8 Å². The summed E-state index contributed by atoms with van der Waals surface area (Å²) in [7, 11) is 1.50. The van der Waals surface area contributed by atoms with Crippen molar-refractivity contribution in [3.05, 3.63) is 22.8 Å². The molecule has 0 radical (unpaired) electrons. The maximum absolute atomic E-state index is 10.5. The number of phenolic OH excluding ortho intramolecular Hbond substituents is 1. The van der Waals surface area contributed by atoms with E-state index < -0.39 is 5.97 Å². The van der Waals surface area contributed by atoms with E-state index in [2.05, 4.69) is 0 Å². The zero-order valence-electron chi connectivity index (χ0n) is 10.4. The Labute approximate surface area is 101 Å². The molecule has 0 aliphatic carbocycles. The van der Waals surface area contributed by atoms with Gasteiger partial charge >= 0.3 is 5.97 Å². The molecule has 0 amide bonds. The summed E-state index contributed by atoms with van der Waals surface area (Å²) >= 11 is 0. The summed E-state index contributed by atoms with van der Waals surface area (Å²) in [5.41, 5.74) is 2.81. The first-order valence-electron chi connectivity index (χ1n) is 5.55. The Hall–Kier alpha value is -1.71. The lowest BCUT2D eigenvalue weighted by Crippen LogP contribution is -1.99. The first-order valence-corrected chi connectivity index (χ1v) is 5.55. The predicted molar refractivity (Wildman–Crippen MR) is 64.7 cm³/mol. The highest BCUT2D eigenvalue weighted by molar-refractivity contribution is 5.66. The summed E-state index contributed by atoms with van der Waals surface area (Å²) in [5.74, 6) is -0.185. The summed E-state index contributed by atoms with van der Waals surface area (Å²) in [4.78, 5) is 10.5. The summed E-state index contributed by atoms with van der Waals surface area (Å²) in [5, 5.41) is 18.4. The third-order valence-corrected chi connectivity index (χ3v) is 2.99. The number of carboxylic acids is 1. The highest BCUT2D eigenvalue weighted by atomic mass is 16.5. The van der Waals surface area contributed by atoms with Crippen molar-refractivity contribution >= 4 is 5.97 Å². The molecular weight excluding hydrogens is 220 g/mol. The van der Waals surface area contributed by atoms with E-state index in [0.717, 1.165) is 16.7 Å². The molecule has 4 heteroatoms. The van der Waals surface area contributed by atoms with Crippen LogP contribution in [0.1, 0.15) is 29.5 Å². The van der Waals surface area contributed by atoms with Gasteiger partial charge in [-0.05, 0) is 49.4 Å². The molecule has 0 saturated heterocycles. The fourth-order valence-corrected chi connectivity index (χ4v) is 1.78. The van der Waals surface area contributed by atoms with Crippen LogP contribution in [0.15, 0.2) is 6.07 Å². The number of phenols is 1. The van der Waals surface area contributed by atoms with Gasteiger partial charge in [0.2, 0.25) is 0 Å². The van der Waals surface area contributed by atoms with Crippen LogP contribution in [0.2, 0.25) is 0 Å². The van der Waals surface area contributed by atoms with Crippen LogP contribution in [0, 0.1) is 13.8 Å². The van der Waals surface area contributed by atoms with Gasteiger partial charge in [0.05, 0.1) is 7.11 Å². The molecule has 1 aromatic rings. The Kier molecular flexibility index (Phi) is 4.37. The van der Waals surface area contributed by atoms with Crippen LogP contribution < -0.4 is 4.74 Å². The minimum Gasteiger partial charge on any atom is -0.504 e. The molecule has 0 aliphatic heterocycles. The molecule has 0 unspecified atom stereocenters. The second-order valence-electron chi connectivity index (χ2n) is 4.08. The fourth-order valence-electron chi connectivity index (χ4n) is 1.78. The van der Waals surface area contributed by atoms with Crippen LogP contribution in [-0.4, -0.2) is 23.3 Å². The van der Waals surface area contributed by atoms with Crippen molar-refractivity contribution in [1.82, 2.24) is 0 Å². The van der Waals surface area contributed by atoms with Gasteiger partial charge in [-0.3, -0.25) is 4.79 Å². The first-order chi connectivity index (χ1) is 7.97. The molecule has 2 N–H and O–H groups in total. The predicted octanol–water partition coefficient (Wildman–Crippen LogP) is 2.42. The van der Waals surface area contributed by atoms with Gasteiger partial charge < -0.3 is 14.9 Å². The first kappa shape index (κ1) is 13.4. The van der Waals surface area contributed by atoms with Crippen LogP contribution in [0.25, 0.3) is 0 Å². The lowest BCUT2D eigenvalue weighted by molar-refractivity contribution is -0.137. The van der Waals surface area contributed by atoms with E-state index in [9.17, 15) is 9.90 Å². The number of carbonyl (C=O) groups is 1. The average Bonchev–Trinajstić information content (AvgIpc) is 2.29. The fraction of sp³-hybridized carbons (Fsp3) is 0.462. The molecule has 17 heavy (non-hydrogen) atoms. The standard InChI is InChI=1S/C13H18O4/c1-8-9(2)13(16)11(17-3)7-10(8)5-4-6-12(14)15/h7,16H,4-6H2,1-3H3,(H,14,15). The van der Waals surface area contributed by atoms with Gasteiger partial charge in [0.25, 0.3) is 0 Å². The van der Waals surface area contributed by atoms with E-state index in [1.807, 2.05) is 13.8 Å². The molecule has 94 valence electrons. The summed E-state index contributed by atoms with van der Waals surface area (Å²) in [6, 6.07) is 1.78. The van der Waals surface area contributed by atoms with Crippen molar-refractivity contribution in [2.24, 2.45) is 0 Å². The molecule has 0 saturated carbocycles. The number of methoxy groups -OCH3 is 1. The SMILES string of the molecule is COc1cc(CCCC(=O)O)c(C)c(C)c1O. The molecule has 1 rings (SSSR count). The molecule has 0 bridgehead atoms. The largest absolute Gasteiger partial charge is 0.504 e. The Morgan fingerprint density at radius 3 is 2.53 bits per heavy atom. The molecule has 0 spiro atoms. The molecule has 1 aromatic carbocycles. The van der Waals surface area contributed by atoms with E-state index in [0.29, 0.717) is 18.6 Å². The van der Waals surface area contributed by atoms with Gasteiger partial charge in [-0.25, -0.2) is 0 Å². The Bertz CT molecular complexity index is 424. The van der Waals surface area contributed by atoms with Crippen LogP contribution >= 0.6 is 0 Å². The number of hydrogen-bond acceptors (Lipinski definition) is 3. The maximum Gasteiger partial charge on any atom is 0.303 e. The third kappa shape index (κ3) is 3.12. The molecule has 0 fully saturated rings. The summed E-state index contributed by atoms with van der Waals surface area (Å²) < 4.78 is 5.08. The van der Waals surface area contributed by atoms with Gasteiger partial charge in [-0.15, -0.1) is 0 Å². The molecule has 0 aromatic heterocycles. The summed E-state index contributed by atoms with van der Waals surface area (Å²) in [6.07, 6.45) is 1.42. The number of aryl methyl sites for hydroxylation is 1. The number of rotatable bonds is 5. The number of aliphatic carboxylic acids is 1. The highest BCUT2D eigenvalue weighted by Gasteiger charge is 2.12. The second kappa shape index (κ2) is 5.57. The van der Waals surface area contributed by atoms with Crippen molar-refractivity contribution in [2.45, 2.75) is 33.1 Å². The van der Waals surface area contributed by atoms with Gasteiger partial charge in [-0.1, -0.05) is 0 Å². The smallest absolute Gasteiger partial charge is 0.303 e. The molecule has 0 heterocycles. The van der Waals surface area contributed by atoms with Gasteiger partial charge in [0.1, 0.15) is 0 Å². The minimum atomic E-state index is -0.787.